The van der Waals surface area contributed by atoms with Crippen LogP contribution in [0.25, 0.3) is 10.8 Å². The molecule has 0 aliphatic rings. The number of rotatable bonds is 1. The van der Waals surface area contributed by atoms with Crippen LogP contribution in [0, 0.1) is 0 Å². The van der Waals surface area contributed by atoms with Gasteiger partial charge >= 0.3 is 5.97 Å². The Morgan fingerprint density at radius 1 is 1.13 bits per heavy atom. The highest BCUT2D eigenvalue weighted by Gasteiger charge is 2.12. The fourth-order valence-corrected chi connectivity index (χ4v) is 1.57. The highest BCUT2D eigenvalue weighted by atomic mass is 16.4. The Morgan fingerprint density at radius 2 is 1.87 bits per heavy atom. The van der Waals surface area contributed by atoms with E-state index in [2.05, 4.69) is 0 Å². The summed E-state index contributed by atoms with van der Waals surface area (Å²) in [5, 5.41) is 28.4. The zero-order valence-corrected chi connectivity index (χ0v) is 7.64. The van der Waals surface area contributed by atoms with Gasteiger partial charge in [0.2, 0.25) is 0 Å². The van der Waals surface area contributed by atoms with Crippen molar-refractivity contribution in [3.8, 4) is 11.5 Å². The lowest BCUT2D eigenvalue weighted by atomic mass is 10.0. The summed E-state index contributed by atoms with van der Waals surface area (Å²) in [5.41, 5.74) is 0.0185. The number of carbonyl (C=O) groups is 1. The van der Waals surface area contributed by atoms with E-state index in [4.69, 9.17) is 5.11 Å². The molecule has 0 aliphatic carbocycles. The molecule has 15 heavy (non-hydrogen) atoms. The van der Waals surface area contributed by atoms with Gasteiger partial charge < -0.3 is 15.3 Å². The van der Waals surface area contributed by atoms with Crippen LogP contribution in [0.5, 0.6) is 11.5 Å². The molecule has 0 amide bonds. The maximum absolute atomic E-state index is 10.9. The summed E-state index contributed by atoms with van der Waals surface area (Å²) in [4.78, 5) is 10.9. The Hall–Kier alpha value is -2.23. The molecule has 0 aromatic heterocycles. The van der Waals surface area contributed by atoms with Gasteiger partial charge in [0, 0.05) is 11.5 Å². The Balaban J connectivity index is 2.91. The molecule has 2 rings (SSSR count). The van der Waals surface area contributed by atoms with Crippen LogP contribution >= 0.6 is 0 Å². The summed E-state index contributed by atoms with van der Waals surface area (Å²) >= 11 is 0. The van der Waals surface area contributed by atoms with Gasteiger partial charge in [-0.1, -0.05) is 12.1 Å². The number of fused-ring (bicyclic) bond motifs is 1. The normalized spacial score (nSPS) is 10.4. The van der Waals surface area contributed by atoms with Crippen LogP contribution in [0.1, 0.15) is 10.4 Å². The minimum absolute atomic E-state index is 0.0185. The number of aromatic hydroxyl groups is 2. The average molecular weight is 204 g/mol. The molecule has 0 heterocycles. The molecular formula is C11H8O4. The van der Waals surface area contributed by atoms with Gasteiger partial charge in [-0.15, -0.1) is 0 Å². The van der Waals surface area contributed by atoms with Gasteiger partial charge in [-0.25, -0.2) is 4.79 Å². The zero-order chi connectivity index (χ0) is 11.0. The van der Waals surface area contributed by atoms with Crippen molar-refractivity contribution in [2.75, 3.05) is 0 Å². The van der Waals surface area contributed by atoms with E-state index >= 15 is 0 Å². The third-order valence-corrected chi connectivity index (χ3v) is 2.17. The predicted octanol–water partition coefficient (Wildman–Crippen LogP) is 1.95. The molecule has 2 aromatic rings. The fraction of sp³-hybridized carbons (Fsp3) is 0. The molecule has 0 unspecified atom stereocenters. The van der Waals surface area contributed by atoms with E-state index in [0.717, 1.165) is 6.07 Å². The first-order valence-corrected chi connectivity index (χ1v) is 4.27. The van der Waals surface area contributed by atoms with Crippen molar-refractivity contribution >= 4 is 16.7 Å². The maximum Gasteiger partial charge on any atom is 0.336 e. The summed E-state index contributed by atoms with van der Waals surface area (Å²) in [5.74, 6) is -1.44. The summed E-state index contributed by atoms with van der Waals surface area (Å²) in [6.45, 7) is 0. The Morgan fingerprint density at radius 3 is 2.53 bits per heavy atom. The number of benzene rings is 2. The smallest absolute Gasteiger partial charge is 0.336 e. The number of hydrogen-bond acceptors (Lipinski definition) is 3. The van der Waals surface area contributed by atoms with Gasteiger partial charge in [-0.3, -0.25) is 0 Å². The van der Waals surface area contributed by atoms with Gasteiger partial charge in [0.1, 0.15) is 11.5 Å². The van der Waals surface area contributed by atoms with Crippen molar-refractivity contribution in [1.82, 2.24) is 0 Å². The molecule has 0 atom stereocenters. The Kier molecular flexibility index (Phi) is 1.97. The summed E-state index contributed by atoms with van der Waals surface area (Å²) in [6.07, 6.45) is 0. The van der Waals surface area contributed by atoms with E-state index in [9.17, 15) is 15.0 Å². The number of carboxylic acids is 1. The largest absolute Gasteiger partial charge is 0.508 e. The quantitative estimate of drug-likeness (QED) is 0.663. The molecule has 76 valence electrons. The second kappa shape index (κ2) is 3.16. The maximum atomic E-state index is 10.9. The number of phenols is 2. The number of hydrogen-bond donors (Lipinski definition) is 3. The molecule has 0 saturated carbocycles. The van der Waals surface area contributed by atoms with Crippen molar-refractivity contribution < 1.29 is 20.1 Å². The average Bonchev–Trinajstić information content (AvgIpc) is 2.16. The first-order chi connectivity index (χ1) is 7.09. The van der Waals surface area contributed by atoms with Crippen molar-refractivity contribution in [2.24, 2.45) is 0 Å². The molecule has 0 radical (unpaired) electrons. The summed E-state index contributed by atoms with van der Waals surface area (Å²) < 4.78 is 0. The van der Waals surface area contributed by atoms with Crippen LogP contribution < -0.4 is 0 Å². The van der Waals surface area contributed by atoms with Gasteiger partial charge in [0.25, 0.3) is 0 Å². The molecule has 0 spiro atoms. The van der Waals surface area contributed by atoms with E-state index in [-0.39, 0.29) is 22.4 Å². The molecule has 3 N–H and O–H groups in total. The van der Waals surface area contributed by atoms with Gasteiger partial charge in [0.15, 0.2) is 0 Å². The minimum atomic E-state index is -1.11. The topological polar surface area (TPSA) is 77.8 Å². The molecule has 4 nitrogen and oxygen atoms in total. The zero-order valence-electron chi connectivity index (χ0n) is 7.64. The van der Waals surface area contributed by atoms with Crippen LogP contribution in [-0.4, -0.2) is 21.3 Å². The Bertz CT molecular complexity index is 546. The van der Waals surface area contributed by atoms with Crippen molar-refractivity contribution in [2.45, 2.75) is 0 Å². The minimum Gasteiger partial charge on any atom is -0.508 e. The van der Waals surface area contributed by atoms with E-state index in [1.807, 2.05) is 0 Å². The van der Waals surface area contributed by atoms with Crippen LogP contribution in [-0.2, 0) is 0 Å². The van der Waals surface area contributed by atoms with Gasteiger partial charge in [0.05, 0.1) is 5.56 Å². The van der Waals surface area contributed by atoms with Crippen molar-refractivity contribution in [3.63, 3.8) is 0 Å². The lowest BCUT2D eigenvalue weighted by molar-refractivity contribution is 0.0698. The SMILES string of the molecule is O=C(O)c1cccc2cc(O)cc(O)c12. The number of carboxylic acid groups (broad SMARTS) is 1. The first-order valence-electron chi connectivity index (χ1n) is 4.27. The second-order valence-corrected chi connectivity index (χ2v) is 3.17. The second-order valence-electron chi connectivity index (χ2n) is 3.17. The van der Waals surface area contributed by atoms with E-state index < -0.39 is 5.97 Å². The molecular weight excluding hydrogens is 196 g/mol. The molecule has 0 saturated heterocycles. The lowest BCUT2D eigenvalue weighted by Crippen LogP contribution is -1.97. The third kappa shape index (κ3) is 1.46. The monoisotopic (exact) mass is 204 g/mol. The predicted molar refractivity (Wildman–Crippen MR) is 54.2 cm³/mol. The fourth-order valence-electron chi connectivity index (χ4n) is 1.57. The van der Waals surface area contributed by atoms with Gasteiger partial charge in [-0.05, 0) is 17.5 Å². The molecule has 4 heteroatoms. The van der Waals surface area contributed by atoms with Crippen molar-refractivity contribution in [1.29, 1.82) is 0 Å². The van der Waals surface area contributed by atoms with Crippen LogP contribution in [0.3, 0.4) is 0 Å². The van der Waals surface area contributed by atoms with E-state index in [1.54, 1.807) is 12.1 Å². The third-order valence-electron chi connectivity index (χ3n) is 2.17. The first kappa shape index (κ1) is 9.33. The standard InChI is InChI=1S/C11H8O4/c12-7-4-6-2-1-3-8(11(14)15)10(6)9(13)5-7/h1-5,12-13H,(H,14,15). The molecule has 0 fully saturated rings. The van der Waals surface area contributed by atoms with Crippen molar-refractivity contribution in [3.05, 3.63) is 35.9 Å². The summed E-state index contributed by atoms with van der Waals surface area (Å²) in [7, 11) is 0. The number of aromatic carboxylic acids is 1. The highest BCUT2D eigenvalue weighted by Crippen LogP contribution is 2.32. The molecule has 0 aliphatic heterocycles. The lowest BCUT2D eigenvalue weighted by Gasteiger charge is -2.05. The summed E-state index contributed by atoms with van der Waals surface area (Å²) in [6, 6.07) is 7.11. The van der Waals surface area contributed by atoms with Crippen LogP contribution in [0.2, 0.25) is 0 Å². The molecule has 2 aromatic carbocycles. The highest BCUT2D eigenvalue weighted by molar-refractivity contribution is 6.06. The van der Waals surface area contributed by atoms with Gasteiger partial charge in [-0.2, -0.15) is 0 Å². The van der Waals surface area contributed by atoms with Crippen LogP contribution in [0.4, 0.5) is 0 Å². The van der Waals surface area contributed by atoms with Crippen LogP contribution in [0.15, 0.2) is 30.3 Å². The Labute approximate surface area is 85.0 Å². The van der Waals surface area contributed by atoms with E-state index in [0.29, 0.717) is 5.39 Å². The number of phenolic OH excluding ortho intramolecular Hbond substituents is 2. The molecule has 0 bridgehead atoms. The van der Waals surface area contributed by atoms with E-state index in [1.165, 1.54) is 12.1 Å².